The van der Waals surface area contributed by atoms with Crippen molar-refractivity contribution >= 4 is 5.97 Å². The summed E-state index contributed by atoms with van der Waals surface area (Å²) >= 11 is 0. The van der Waals surface area contributed by atoms with Gasteiger partial charge in [-0.05, 0) is 23.8 Å². The first-order valence-electron chi connectivity index (χ1n) is 4.92. The van der Waals surface area contributed by atoms with Crippen molar-refractivity contribution in [3.8, 4) is 0 Å². The maximum absolute atomic E-state index is 13.5. The predicted molar refractivity (Wildman–Crippen MR) is 56.4 cm³/mol. The minimum Gasteiger partial charge on any atom is -0.466 e. The van der Waals surface area contributed by atoms with Crippen LogP contribution in [0.2, 0.25) is 0 Å². The molecular weight excluding hydrogens is 251 g/mol. The fraction of sp³-hybridized carbons (Fsp3) is 0.250. The largest absolute Gasteiger partial charge is 0.466 e. The Morgan fingerprint density at radius 2 is 1.83 bits per heavy atom. The van der Waals surface area contributed by atoms with Gasteiger partial charge in [0.2, 0.25) is 0 Å². The zero-order valence-electron chi connectivity index (χ0n) is 9.37. The third-order valence-corrected chi connectivity index (χ3v) is 2.16. The van der Waals surface area contributed by atoms with Crippen LogP contribution in [0.1, 0.15) is 17.3 Å². The number of rotatable bonds is 3. The Kier molecular flexibility index (Phi) is 4.47. The van der Waals surface area contributed by atoms with Gasteiger partial charge in [-0.2, -0.15) is 13.2 Å². The van der Waals surface area contributed by atoms with Gasteiger partial charge in [-0.1, -0.05) is 12.1 Å². The highest BCUT2D eigenvalue weighted by molar-refractivity contribution is 5.81. The Hall–Kier alpha value is -1.85. The van der Waals surface area contributed by atoms with Crippen LogP contribution < -0.4 is 0 Å². The number of hydrogen-bond donors (Lipinski definition) is 0. The topological polar surface area (TPSA) is 26.3 Å². The van der Waals surface area contributed by atoms with Crippen molar-refractivity contribution in [2.45, 2.75) is 12.3 Å². The molecule has 0 aliphatic heterocycles. The quantitative estimate of drug-likeness (QED) is 0.473. The molecule has 0 amide bonds. The van der Waals surface area contributed by atoms with E-state index in [-0.39, 0.29) is 5.56 Å². The van der Waals surface area contributed by atoms with Crippen LogP contribution in [0.15, 0.2) is 36.4 Å². The third kappa shape index (κ3) is 3.87. The highest BCUT2D eigenvalue weighted by atomic mass is 19.4. The van der Waals surface area contributed by atoms with Gasteiger partial charge in [0.15, 0.2) is 0 Å². The smallest absolute Gasteiger partial charge is 0.416 e. The molecule has 0 heterocycles. The van der Waals surface area contributed by atoms with Gasteiger partial charge in [-0.3, -0.25) is 0 Å². The first-order chi connectivity index (χ1) is 8.34. The first kappa shape index (κ1) is 14.2. The molecule has 2 nitrogen and oxygen atoms in total. The second-order valence-electron chi connectivity index (χ2n) is 3.40. The first-order valence-corrected chi connectivity index (χ1v) is 4.92. The summed E-state index contributed by atoms with van der Waals surface area (Å²) in [6.45, 7) is 0. The molecule has 1 unspecified atom stereocenters. The van der Waals surface area contributed by atoms with Crippen molar-refractivity contribution in [3.63, 3.8) is 0 Å². The number of halogens is 4. The van der Waals surface area contributed by atoms with Crippen LogP contribution in [-0.2, 0) is 15.7 Å². The van der Waals surface area contributed by atoms with E-state index < -0.39 is 23.9 Å². The van der Waals surface area contributed by atoms with E-state index in [4.69, 9.17) is 0 Å². The second kappa shape index (κ2) is 5.66. The maximum Gasteiger partial charge on any atom is 0.416 e. The molecular formula is C12H10F4O2. The molecule has 0 fully saturated rings. The summed E-state index contributed by atoms with van der Waals surface area (Å²) in [4.78, 5) is 10.7. The van der Waals surface area contributed by atoms with Crippen LogP contribution in [0.4, 0.5) is 17.6 Å². The zero-order chi connectivity index (χ0) is 13.8. The summed E-state index contributed by atoms with van der Waals surface area (Å²) in [6, 6.07) is 3.62. The molecule has 0 N–H and O–H groups in total. The monoisotopic (exact) mass is 261 g/mol. The number of allylic oxidation sites excluding steroid dienone is 1. The van der Waals surface area contributed by atoms with Crippen LogP contribution in [0.5, 0.6) is 0 Å². The number of hydrogen-bond acceptors (Lipinski definition) is 2. The molecule has 0 spiro atoms. The van der Waals surface area contributed by atoms with Gasteiger partial charge < -0.3 is 4.74 Å². The van der Waals surface area contributed by atoms with Gasteiger partial charge in [0.25, 0.3) is 0 Å². The number of ether oxygens (including phenoxy) is 1. The van der Waals surface area contributed by atoms with Crippen molar-refractivity contribution in [2.75, 3.05) is 7.11 Å². The summed E-state index contributed by atoms with van der Waals surface area (Å²) < 4.78 is 54.5. The van der Waals surface area contributed by atoms with Crippen molar-refractivity contribution in [3.05, 3.63) is 47.5 Å². The van der Waals surface area contributed by atoms with Gasteiger partial charge in [0.1, 0.15) is 6.17 Å². The van der Waals surface area contributed by atoms with E-state index in [2.05, 4.69) is 4.74 Å². The number of methoxy groups -OCH3 is 1. The van der Waals surface area contributed by atoms with E-state index in [0.717, 1.165) is 43.5 Å². The molecule has 0 saturated carbocycles. The molecule has 1 aromatic carbocycles. The highest BCUT2D eigenvalue weighted by Crippen LogP contribution is 2.30. The predicted octanol–water partition coefficient (Wildman–Crippen LogP) is 3.45. The molecule has 1 aromatic rings. The molecule has 0 aromatic heterocycles. The van der Waals surface area contributed by atoms with E-state index in [1.54, 1.807) is 0 Å². The standard InChI is InChI=1S/C12H10F4O2/c1-18-11(17)7-6-10(13)8-2-4-9(5-3-8)12(14,15)16/h2-7,10H,1H3/b7-6+/i13-1. The van der Waals surface area contributed by atoms with Crippen molar-refractivity contribution in [1.29, 1.82) is 0 Å². The van der Waals surface area contributed by atoms with E-state index in [1.807, 2.05) is 0 Å². The Labute approximate surface area is 101 Å². The van der Waals surface area contributed by atoms with Crippen molar-refractivity contribution in [1.82, 2.24) is 0 Å². The van der Waals surface area contributed by atoms with Gasteiger partial charge in [0.05, 0.1) is 12.7 Å². The van der Waals surface area contributed by atoms with E-state index in [9.17, 15) is 22.4 Å². The SMILES string of the molecule is COC(=O)/C=C/C([18F])c1ccc(C(F)(F)F)cc1. The fourth-order valence-corrected chi connectivity index (χ4v) is 1.20. The second-order valence-corrected chi connectivity index (χ2v) is 3.40. The van der Waals surface area contributed by atoms with Crippen LogP contribution >= 0.6 is 0 Å². The van der Waals surface area contributed by atoms with Crippen molar-refractivity contribution < 1.29 is 27.1 Å². The minimum absolute atomic E-state index is 0.0307. The van der Waals surface area contributed by atoms with Gasteiger partial charge >= 0.3 is 12.1 Å². The molecule has 0 radical (unpaired) electrons. The van der Waals surface area contributed by atoms with Crippen molar-refractivity contribution in [2.24, 2.45) is 0 Å². The summed E-state index contributed by atoms with van der Waals surface area (Å²) in [7, 11) is 1.14. The third-order valence-electron chi connectivity index (χ3n) is 2.16. The average Bonchev–Trinajstić information content (AvgIpc) is 2.34. The summed E-state index contributed by atoms with van der Waals surface area (Å²) in [5.41, 5.74) is -0.821. The molecule has 1 rings (SSSR count). The average molecular weight is 261 g/mol. The minimum atomic E-state index is -4.45. The molecule has 98 valence electrons. The van der Waals surface area contributed by atoms with Gasteiger partial charge in [0, 0.05) is 6.08 Å². The van der Waals surface area contributed by atoms with Crippen LogP contribution in [0.25, 0.3) is 0 Å². The number of benzene rings is 1. The number of alkyl halides is 4. The van der Waals surface area contributed by atoms with Gasteiger partial charge in [-0.15, -0.1) is 0 Å². The van der Waals surface area contributed by atoms with Crippen LogP contribution in [-0.4, -0.2) is 13.1 Å². The number of esters is 1. The molecule has 0 aliphatic carbocycles. The summed E-state index contributed by atoms with van der Waals surface area (Å²) in [5.74, 6) is -0.732. The summed E-state index contributed by atoms with van der Waals surface area (Å²) in [6.07, 6.45) is -4.32. The molecule has 18 heavy (non-hydrogen) atoms. The summed E-state index contributed by atoms with van der Waals surface area (Å²) in [5, 5.41) is 0. The lowest BCUT2D eigenvalue weighted by atomic mass is 10.1. The molecule has 1 atom stereocenters. The van der Waals surface area contributed by atoms with Gasteiger partial charge in [-0.25, -0.2) is 9.18 Å². The Bertz CT molecular complexity index is 434. The lowest BCUT2D eigenvalue weighted by Gasteiger charge is -2.08. The maximum atomic E-state index is 13.5. The van der Waals surface area contributed by atoms with Crippen LogP contribution in [0, 0.1) is 0 Å². The lowest BCUT2D eigenvalue weighted by molar-refractivity contribution is -0.137. The number of carbonyl (C=O) groups is 1. The highest BCUT2D eigenvalue weighted by Gasteiger charge is 2.30. The van der Waals surface area contributed by atoms with E-state index >= 15 is 0 Å². The van der Waals surface area contributed by atoms with Crippen LogP contribution in [0.3, 0.4) is 0 Å². The molecule has 0 aliphatic rings. The molecule has 0 bridgehead atoms. The van der Waals surface area contributed by atoms with E-state index in [1.165, 1.54) is 0 Å². The number of carbonyl (C=O) groups excluding carboxylic acids is 1. The Balaban J connectivity index is 2.79. The van der Waals surface area contributed by atoms with E-state index in [0.29, 0.717) is 0 Å². The normalized spacial score (nSPS) is 13.6. The Morgan fingerprint density at radius 3 is 2.28 bits per heavy atom. The Morgan fingerprint density at radius 1 is 1.28 bits per heavy atom. The fourth-order valence-electron chi connectivity index (χ4n) is 1.20. The molecule has 6 heteroatoms. The molecule has 0 saturated heterocycles. The lowest BCUT2D eigenvalue weighted by Crippen LogP contribution is -2.04. The zero-order valence-corrected chi connectivity index (χ0v) is 9.37.